The van der Waals surface area contributed by atoms with Crippen LogP contribution in [-0.2, 0) is 25.6 Å². The summed E-state index contributed by atoms with van der Waals surface area (Å²) in [6.07, 6.45) is 1.99. The number of likely N-dealkylation sites (N-methyl/N-ethyl adjacent to an activating group) is 1. The van der Waals surface area contributed by atoms with Gasteiger partial charge in [0.15, 0.2) is 0 Å². The smallest absolute Gasteiger partial charge is 0.325 e. The quantitative estimate of drug-likeness (QED) is 0.596. The molecule has 1 saturated carbocycles. The Balaban J connectivity index is 2.04. The average Bonchev–Trinajstić information content (AvgIpc) is 3.44. The zero-order chi connectivity index (χ0) is 19.1. The van der Waals surface area contributed by atoms with Gasteiger partial charge in [0, 0.05) is 26.7 Å². The number of carbonyl (C=O) groups excluding carboxylic acids is 2. The number of carbonyl (C=O) groups is 2. The van der Waals surface area contributed by atoms with Crippen LogP contribution in [0.1, 0.15) is 30.9 Å². The molecule has 6 heteroatoms. The van der Waals surface area contributed by atoms with Crippen molar-refractivity contribution in [2.45, 2.75) is 45.3 Å². The summed E-state index contributed by atoms with van der Waals surface area (Å²) in [5.74, 6) is -0.332. The van der Waals surface area contributed by atoms with E-state index in [1.807, 2.05) is 36.1 Å². The van der Waals surface area contributed by atoms with Crippen molar-refractivity contribution in [1.29, 1.82) is 0 Å². The largest absolute Gasteiger partial charge is 0.465 e. The molecule has 1 aromatic rings. The number of rotatable bonds is 10. The van der Waals surface area contributed by atoms with Crippen LogP contribution in [0.15, 0.2) is 24.3 Å². The zero-order valence-corrected chi connectivity index (χ0v) is 16.2. The number of nitrogens with zero attached hydrogens (tertiary/aromatic N) is 2. The number of benzene rings is 1. The highest BCUT2D eigenvalue weighted by Crippen LogP contribution is 2.29. The van der Waals surface area contributed by atoms with Crippen LogP contribution in [0, 0.1) is 6.92 Å². The molecule has 1 aliphatic rings. The summed E-state index contributed by atoms with van der Waals surface area (Å²) in [7, 11) is 3.36. The fraction of sp³-hybridized carbons (Fsp3) is 0.600. The minimum Gasteiger partial charge on any atom is -0.465 e. The molecule has 0 radical (unpaired) electrons. The predicted molar refractivity (Wildman–Crippen MR) is 99.7 cm³/mol. The molecular formula is C20H30N2O4. The van der Waals surface area contributed by atoms with E-state index in [1.54, 1.807) is 26.0 Å². The Kier molecular flexibility index (Phi) is 7.60. The maximum absolute atomic E-state index is 12.8. The maximum Gasteiger partial charge on any atom is 0.325 e. The third-order valence-corrected chi connectivity index (χ3v) is 4.71. The third kappa shape index (κ3) is 5.54. The Bertz CT molecular complexity index is 616. The van der Waals surface area contributed by atoms with Crippen LogP contribution in [0.3, 0.4) is 0 Å². The Morgan fingerprint density at radius 1 is 1.27 bits per heavy atom. The average molecular weight is 362 g/mol. The minimum atomic E-state index is -0.539. The molecule has 1 atom stereocenters. The molecule has 0 aliphatic heterocycles. The monoisotopic (exact) mass is 362 g/mol. The number of amides is 1. The summed E-state index contributed by atoms with van der Waals surface area (Å²) >= 11 is 0. The summed E-state index contributed by atoms with van der Waals surface area (Å²) in [6.45, 7) is 5.12. The zero-order valence-electron chi connectivity index (χ0n) is 16.2. The summed E-state index contributed by atoms with van der Waals surface area (Å²) in [4.78, 5) is 28.8. The fourth-order valence-corrected chi connectivity index (χ4v) is 3.00. The van der Waals surface area contributed by atoms with Gasteiger partial charge in [-0.15, -0.1) is 0 Å². The second-order valence-electron chi connectivity index (χ2n) is 6.80. The van der Waals surface area contributed by atoms with E-state index in [9.17, 15) is 9.59 Å². The van der Waals surface area contributed by atoms with Crippen molar-refractivity contribution in [3.63, 3.8) is 0 Å². The summed E-state index contributed by atoms with van der Waals surface area (Å²) < 4.78 is 10.4. The number of hydrogen-bond acceptors (Lipinski definition) is 5. The van der Waals surface area contributed by atoms with E-state index < -0.39 is 6.04 Å². The maximum atomic E-state index is 12.8. The fourth-order valence-electron chi connectivity index (χ4n) is 3.00. The van der Waals surface area contributed by atoms with Crippen LogP contribution in [0.5, 0.6) is 0 Å². The van der Waals surface area contributed by atoms with Crippen molar-refractivity contribution in [2.75, 3.05) is 33.9 Å². The van der Waals surface area contributed by atoms with Gasteiger partial charge in [-0.3, -0.25) is 14.5 Å². The Hall–Kier alpha value is -1.92. The first-order valence-corrected chi connectivity index (χ1v) is 9.17. The number of methoxy groups -OCH3 is 1. The number of hydrogen-bond donors (Lipinski definition) is 0. The van der Waals surface area contributed by atoms with Gasteiger partial charge < -0.3 is 14.4 Å². The van der Waals surface area contributed by atoms with Crippen molar-refractivity contribution in [1.82, 2.24) is 9.80 Å². The van der Waals surface area contributed by atoms with Gasteiger partial charge in [-0.2, -0.15) is 0 Å². The van der Waals surface area contributed by atoms with E-state index in [0.29, 0.717) is 13.2 Å². The molecule has 1 aliphatic carbocycles. The van der Waals surface area contributed by atoms with E-state index in [4.69, 9.17) is 9.47 Å². The SMILES string of the molecule is CCOC(=O)C(COC)N(CC(=O)N(C)Cc1ccccc1C)C1CC1. The molecule has 1 amide bonds. The van der Waals surface area contributed by atoms with Crippen molar-refractivity contribution < 1.29 is 19.1 Å². The highest BCUT2D eigenvalue weighted by Gasteiger charge is 2.39. The van der Waals surface area contributed by atoms with Crippen LogP contribution in [0.25, 0.3) is 0 Å². The molecule has 0 bridgehead atoms. The van der Waals surface area contributed by atoms with Crippen molar-refractivity contribution >= 4 is 11.9 Å². The molecule has 0 saturated heterocycles. The molecule has 26 heavy (non-hydrogen) atoms. The Morgan fingerprint density at radius 3 is 2.54 bits per heavy atom. The second-order valence-corrected chi connectivity index (χ2v) is 6.80. The molecule has 1 unspecified atom stereocenters. The lowest BCUT2D eigenvalue weighted by Gasteiger charge is -2.30. The van der Waals surface area contributed by atoms with Crippen LogP contribution in [0.2, 0.25) is 0 Å². The van der Waals surface area contributed by atoms with Gasteiger partial charge in [0.2, 0.25) is 5.91 Å². The topological polar surface area (TPSA) is 59.1 Å². The van der Waals surface area contributed by atoms with Gasteiger partial charge >= 0.3 is 5.97 Å². The van der Waals surface area contributed by atoms with Crippen LogP contribution in [-0.4, -0.2) is 67.7 Å². The summed E-state index contributed by atoms with van der Waals surface area (Å²) in [6, 6.07) is 7.75. The lowest BCUT2D eigenvalue weighted by Crippen LogP contribution is -2.50. The predicted octanol–water partition coefficient (Wildman–Crippen LogP) is 2.00. The molecule has 0 heterocycles. The first kappa shape index (κ1) is 20.4. The highest BCUT2D eigenvalue weighted by atomic mass is 16.5. The van der Waals surface area contributed by atoms with Crippen LogP contribution < -0.4 is 0 Å². The van der Waals surface area contributed by atoms with Gasteiger partial charge in [0.25, 0.3) is 0 Å². The van der Waals surface area contributed by atoms with Crippen molar-refractivity contribution in [3.8, 4) is 0 Å². The Labute approximate surface area is 156 Å². The van der Waals surface area contributed by atoms with Crippen LogP contribution >= 0.6 is 0 Å². The molecule has 1 fully saturated rings. The molecular weight excluding hydrogens is 332 g/mol. The van der Waals surface area contributed by atoms with E-state index in [-0.39, 0.29) is 31.1 Å². The lowest BCUT2D eigenvalue weighted by molar-refractivity contribution is -0.153. The van der Waals surface area contributed by atoms with E-state index in [2.05, 4.69) is 0 Å². The highest BCUT2D eigenvalue weighted by molar-refractivity contribution is 5.80. The third-order valence-electron chi connectivity index (χ3n) is 4.71. The van der Waals surface area contributed by atoms with E-state index >= 15 is 0 Å². The summed E-state index contributed by atoms with van der Waals surface area (Å²) in [5.41, 5.74) is 2.29. The van der Waals surface area contributed by atoms with E-state index in [1.165, 1.54) is 0 Å². The first-order chi connectivity index (χ1) is 12.5. The van der Waals surface area contributed by atoms with Gasteiger partial charge in [0.05, 0.1) is 19.8 Å². The minimum absolute atomic E-state index is 0.00875. The van der Waals surface area contributed by atoms with E-state index in [0.717, 1.165) is 24.0 Å². The molecule has 1 aromatic carbocycles. The molecule has 0 N–H and O–H groups in total. The van der Waals surface area contributed by atoms with Gasteiger partial charge in [0.1, 0.15) is 6.04 Å². The van der Waals surface area contributed by atoms with Crippen molar-refractivity contribution in [2.24, 2.45) is 0 Å². The van der Waals surface area contributed by atoms with Gasteiger partial charge in [-0.05, 0) is 37.8 Å². The van der Waals surface area contributed by atoms with Gasteiger partial charge in [-0.25, -0.2) is 0 Å². The second kappa shape index (κ2) is 9.69. The normalized spacial score (nSPS) is 15.0. The molecule has 0 spiro atoms. The molecule has 0 aromatic heterocycles. The van der Waals surface area contributed by atoms with Crippen LogP contribution in [0.4, 0.5) is 0 Å². The number of ether oxygens (including phenoxy) is 2. The van der Waals surface area contributed by atoms with Gasteiger partial charge in [-0.1, -0.05) is 24.3 Å². The Morgan fingerprint density at radius 2 is 1.96 bits per heavy atom. The first-order valence-electron chi connectivity index (χ1n) is 9.17. The molecule has 2 rings (SSSR count). The number of aryl methyl sites for hydroxylation is 1. The molecule has 6 nitrogen and oxygen atoms in total. The van der Waals surface area contributed by atoms with Crippen molar-refractivity contribution in [3.05, 3.63) is 35.4 Å². The standard InChI is InChI=1S/C20H30N2O4/c1-5-26-20(24)18(14-25-4)22(17-10-11-17)13-19(23)21(3)12-16-9-7-6-8-15(16)2/h6-9,17-18H,5,10-14H2,1-4H3. The molecule has 144 valence electrons. The summed E-state index contributed by atoms with van der Waals surface area (Å²) in [5, 5.41) is 0. The lowest BCUT2D eigenvalue weighted by atomic mass is 10.1. The number of esters is 1.